The SMILES string of the molecule is O=C(Nc1ccccc1[N+](=O)[O-])[C@H](O)[C@@H](O)C(=O)Oc1ccc2c(c1)[C@@]13CCCC[C@H]1N(C2)N(CC1CC1)CC3. The van der Waals surface area contributed by atoms with Crippen molar-refractivity contribution in [2.45, 2.75) is 75.2 Å². The standard InChI is InChI=1S/C29H34N4O7/c34-25(27(36)30-22-5-1-2-6-23(22)33(38)39)26(35)28(37)40-20-11-10-19-17-32-24-7-3-4-12-29(24,21(19)15-20)13-14-31(32)16-18-8-9-18/h1-2,5-6,10-11,15,18,24-26,34-35H,3-4,7-9,12-14,16-17H2,(H,30,36)/t24-,25-,26-,29+/m1/s1. The van der Waals surface area contributed by atoms with E-state index in [1.165, 1.54) is 54.7 Å². The van der Waals surface area contributed by atoms with E-state index in [2.05, 4.69) is 15.3 Å². The maximum Gasteiger partial charge on any atom is 0.343 e. The Morgan fingerprint density at radius 1 is 1.10 bits per heavy atom. The maximum absolute atomic E-state index is 12.8. The number of esters is 1. The van der Waals surface area contributed by atoms with Crippen molar-refractivity contribution >= 4 is 23.3 Å². The molecule has 1 amide bonds. The van der Waals surface area contributed by atoms with Gasteiger partial charge in [-0.1, -0.05) is 31.0 Å². The summed E-state index contributed by atoms with van der Waals surface area (Å²) < 4.78 is 5.46. The Labute approximate surface area is 231 Å². The first-order valence-electron chi connectivity index (χ1n) is 14.0. The number of rotatable bonds is 8. The van der Waals surface area contributed by atoms with Gasteiger partial charge in [0.1, 0.15) is 11.4 Å². The fourth-order valence-corrected chi connectivity index (χ4v) is 6.84. The van der Waals surface area contributed by atoms with Crippen LogP contribution in [-0.2, 0) is 21.5 Å². The molecule has 11 nitrogen and oxygen atoms in total. The minimum atomic E-state index is -2.18. The van der Waals surface area contributed by atoms with Crippen molar-refractivity contribution in [1.29, 1.82) is 0 Å². The van der Waals surface area contributed by atoms with Gasteiger partial charge in [-0.05, 0) is 67.3 Å². The van der Waals surface area contributed by atoms with Crippen molar-refractivity contribution in [3.8, 4) is 5.75 Å². The number of carbonyl (C=O) groups excluding carboxylic acids is 2. The van der Waals surface area contributed by atoms with Crippen LogP contribution in [0.1, 0.15) is 56.1 Å². The molecule has 0 aromatic heterocycles. The third kappa shape index (κ3) is 4.87. The summed E-state index contributed by atoms with van der Waals surface area (Å²) in [6.45, 7) is 2.95. The Hall–Kier alpha value is -3.38. The summed E-state index contributed by atoms with van der Waals surface area (Å²) in [4.78, 5) is 35.8. The molecule has 2 aliphatic heterocycles. The van der Waals surface area contributed by atoms with E-state index in [1.807, 2.05) is 12.1 Å². The van der Waals surface area contributed by atoms with Crippen LogP contribution in [0.4, 0.5) is 11.4 Å². The number of hydrogen-bond donors (Lipinski definition) is 3. The molecule has 2 aromatic rings. The lowest BCUT2D eigenvalue weighted by Crippen LogP contribution is -2.66. The van der Waals surface area contributed by atoms with Gasteiger partial charge in [-0.3, -0.25) is 14.9 Å². The number of nitro groups is 1. The molecule has 1 saturated heterocycles. The van der Waals surface area contributed by atoms with Crippen LogP contribution >= 0.6 is 0 Å². The smallest absolute Gasteiger partial charge is 0.343 e. The molecule has 1 unspecified atom stereocenters. The molecule has 4 aliphatic rings. The molecule has 11 heteroatoms. The molecule has 2 bridgehead atoms. The molecule has 3 fully saturated rings. The molecule has 0 radical (unpaired) electrons. The molecule has 40 heavy (non-hydrogen) atoms. The Bertz CT molecular complexity index is 1330. The number of hydrogen-bond acceptors (Lipinski definition) is 9. The van der Waals surface area contributed by atoms with Crippen molar-refractivity contribution in [2.75, 3.05) is 18.4 Å². The van der Waals surface area contributed by atoms with Crippen molar-refractivity contribution in [1.82, 2.24) is 10.0 Å². The molecule has 0 spiro atoms. The fraction of sp³-hybridized carbons (Fsp3) is 0.517. The minimum Gasteiger partial charge on any atom is -0.425 e. The van der Waals surface area contributed by atoms with E-state index < -0.39 is 29.0 Å². The number of hydrazine groups is 1. The molecule has 2 heterocycles. The highest BCUT2D eigenvalue weighted by Crippen LogP contribution is 2.53. The normalized spacial score (nSPS) is 27.1. The van der Waals surface area contributed by atoms with Crippen LogP contribution in [0.25, 0.3) is 0 Å². The van der Waals surface area contributed by atoms with E-state index in [-0.39, 0.29) is 22.5 Å². The monoisotopic (exact) mass is 550 g/mol. The minimum absolute atomic E-state index is 0.0171. The third-order valence-corrected chi connectivity index (χ3v) is 9.03. The topological polar surface area (TPSA) is 145 Å². The van der Waals surface area contributed by atoms with E-state index in [1.54, 1.807) is 6.07 Å². The van der Waals surface area contributed by atoms with Crippen LogP contribution in [-0.4, -0.2) is 68.4 Å². The van der Waals surface area contributed by atoms with Crippen LogP contribution in [0.5, 0.6) is 5.75 Å². The first kappa shape index (κ1) is 26.8. The zero-order chi connectivity index (χ0) is 28.0. The number of ether oxygens (including phenoxy) is 1. The number of nitro benzene ring substituents is 1. The highest BCUT2D eigenvalue weighted by Gasteiger charge is 2.53. The summed E-state index contributed by atoms with van der Waals surface area (Å²) in [5.74, 6) is -1.28. The van der Waals surface area contributed by atoms with E-state index in [4.69, 9.17) is 4.74 Å². The van der Waals surface area contributed by atoms with Crippen LogP contribution < -0.4 is 10.1 Å². The van der Waals surface area contributed by atoms with Crippen LogP contribution in [0.2, 0.25) is 0 Å². The van der Waals surface area contributed by atoms with Crippen LogP contribution in [0, 0.1) is 16.0 Å². The predicted molar refractivity (Wildman–Crippen MR) is 144 cm³/mol. The predicted octanol–water partition coefficient (Wildman–Crippen LogP) is 2.89. The molecule has 2 aliphatic carbocycles. The lowest BCUT2D eigenvalue weighted by Gasteiger charge is -2.60. The lowest BCUT2D eigenvalue weighted by atomic mass is 9.60. The quantitative estimate of drug-likeness (QED) is 0.195. The number of nitrogens with zero attached hydrogens (tertiary/aromatic N) is 3. The van der Waals surface area contributed by atoms with Gasteiger partial charge in [0.15, 0.2) is 12.2 Å². The summed E-state index contributed by atoms with van der Waals surface area (Å²) >= 11 is 0. The largest absolute Gasteiger partial charge is 0.425 e. The lowest BCUT2D eigenvalue weighted by molar-refractivity contribution is -0.383. The number of aliphatic hydroxyl groups is 2. The number of amides is 1. The van der Waals surface area contributed by atoms with Crippen molar-refractivity contribution in [3.63, 3.8) is 0 Å². The average molecular weight is 551 g/mol. The van der Waals surface area contributed by atoms with Crippen LogP contribution in [0.15, 0.2) is 42.5 Å². The van der Waals surface area contributed by atoms with Gasteiger partial charge >= 0.3 is 5.97 Å². The Kier molecular flexibility index (Phi) is 7.07. The number of nitrogens with one attached hydrogen (secondary N) is 1. The average Bonchev–Trinajstić information content (AvgIpc) is 3.78. The number of benzene rings is 2. The first-order valence-corrected chi connectivity index (χ1v) is 14.0. The van der Waals surface area contributed by atoms with Gasteiger partial charge in [0, 0.05) is 37.2 Å². The first-order chi connectivity index (χ1) is 19.3. The number of aliphatic hydroxyl groups excluding tert-OH is 2. The fourth-order valence-electron chi connectivity index (χ4n) is 6.84. The summed E-state index contributed by atoms with van der Waals surface area (Å²) in [5, 5.41) is 39.3. The maximum atomic E-state index is 12.8. The van der Waals surface area contributed by atoms with Gasteiger partial charge in [-0.2, -0.15) is 0 Å². The highest BCUT2D eigenvalue weighted by atomic mass is 16.6. The van der Waals surface area contributed by atoms with Crippen molar-refractivity contribution in [3.05, 3.63) is 63.7 Å². The van der Waals surface area contributed by atoms with Gasteiger partial charge in [0.2, 0.25) is 0 Å². The molecular weight excluding hydrogens is 516 g/mol. The van der Waals surface area contributed by atoms with Crippen molar-refractivity contribution in [2.24, 2.45) is 5.92 Å². The number of para-hydroxylation sites is 2. The van der Waals surface area contributed by atoms with Gasteiger partial charge in [0.05, 0.1) is 4.92 Å². The second-order valence-electron chi connectivity index (χ2n) is 11.5. The van der Waals surface area contributed by atoms with E-state index >= 15 is 0 Å². The molecular formula is C29H34N4O7. The molecule has 6 rings (SSSR count). The van der Waals surface area contributed by atoms with E-state index in [0.717, 1.165) is 51.2 Å². The van der Waals surface area contributed by atoms with E-state index in [9.17, 15) is 29.9 Å². The van der Waals surface area contributed by atoms with Gasteiger partial charge in [-0.25, -0.2) is 14.8 Å². The number of carbonyl (C=O) groups is 2. The van der Waals surface area contributed by atoms with Gasteiger partial charge in [0.25, 0.3) is 11.6 Å². The number of anilines is 1. The zero-order valence-corrected chi connectivity index (χ0v) is 22.2. The van der Waals surface area contributed by atoms with Gasteiger partial charge in [-0.15, -0.1) is 0 Å². The number of fused-ring (bicyclic) bond motifs is 1. The summed E-state index contributed by atoms with van der Waals surface area (Å²) in [6.07, 6.45) is 3.86. The molecule has 2 saturated carbocycles. The zero-order valence-electron chi connectivity index (χ0n) is 22.2. The summed E-state index contributed by atoms with van der Waals surface area (Å²) in [7, 11) is 0. The molecule has 5 atom stereocenters. The Morgan fingerprint density at radius 2 is 1.90 bits per heavy atom. The Balaban J connectivity index is 1.17. The molecule has 3 N–H and O–H groups in total. The highest BCUT2D eigenvalue weighted by molar-refractivity contribution is 5.99. The molecule has 2 aromatic carbocycles. The Morgan fingerprint density at radius 3 is 2.67 bits per heavy atom. The summed E-state index contributed by atoms with van der Waals surface area (Å²) in [6, 6.07) is 11.3. The third-order valence-electron chi connectivity index (χ3n) is 9.03. The van der Waals surface area contributed by atoms with E-state index in [0.29, 0.717) is 6.04 Å². The molecule has 212 valence electrons. The van der Waals surface area contributed by atoms with Crippen molar-refractivity contribution < 1.29 is 29.5 Å². The second-order valence-corrected chi connectivity index (χ2v) is 11.5. The van der Waals surface area contributed by atoms with Gasteiger partial charge < -0.3 is 20.3 Å². The second kappa shape index (κ2) is 10.5. The summed E-state index contributed by atoms with van der Waals surface area (Å²) in [5.41, 5.74) is 1.84. The van der Waals surface area contributed by atoms with Crippen LogP contribution in [0.3, 0.4) is 0 Å².